The summed E-state index contributed by atoms with van der Waals surface area (Å²) in [4.78, 5) is 12.4. The van der Waals surface area contributed by atoms with Gasteiger partial charge in [-0.15, -0.1) is 11.3 Å². The van der Waals surface area contributed by atoms with E-state index in [9.17, 15) is 4.79 Å². The SMILES string of the molecule is COCOc1ccc(-c2ccsc2CCC(=O)OC)cc1. The highest BCUT2D eigenvalue weighted by Crippen LogP contribution is 2.30. The maximum Gasteiger partial charge on any atom is 0.305 e. The monoisotopic (exact) mass is 306 g/mol. The summed E-state index contributed by atoms with van der Waals surface area (Å²) in [5, 5.41) is 2.04. The predicted octanol–water partition coefficient (Wildman–Crippen LogP) is 3.50. The summed E-state index contributed by atoms with van der Waals surface area (Å²) in [6, 6.07) is 9.91. The summed E-state index contributed by atoms with van der Waals surface area (Å²) in [5.41, 5.74) is 2.27. The average Bonchev–Trinajstić information content (AvgIpc) is 2.99. The average molecular weight is 306 g/mol. The molecule has 5 heteroatoms. The molecule has 1 aromatic heterocycles. The fourth-order valence-corrected chi connectivity index (χ4v) is 2.87. The number of carbonyl (C=O) groups is 1. The lowest BCUT2D eigenvalue weighted by Crippen LogP contribution is -2.01. The van der Waals surface area contributed by atoms with E-state index < -0.39 is 0 Å². The van der Waals surface area contributed by atoms with Gasteiger partial charge in [0, 0.05) is 12.0 Å². The van der Waals surface area contributed by atoms with Crippen LogP contribution in [0.5, 0.6) is 5.75 Å². The fraction of sp³-hybridized carbons (Fsp3) is 0.312. The van der Waals surface area contributed by atoms with E-state index in [1.165, 1.54) is 12.0 Å². The Hall–Kier alpha value is -1.85. The Morgan fingerprint density at radius 2 is 1.90 bits per heavy atom. The molecule has 0 bridgehead atoms. The summed E-state index contributed by atoms with van der Waals surface area (Å²) in [7, 11) is 3.00. The van der Waals surface area contributed by atoms with Crippen LogP contribution in [0.1, 0.15) is 11.3 Å². The van der Waals surface area contributed by atoms with E-state index >= 15 is 0 Å². The topological polar surface area (TPSA) is 44.8 Å². The van der Waals surface area contributed by atoms with Crippen LogP contribution in [0.25, 0.3) is 11.1 Å². The molecule has 0 atom stereocenters. The van der Waals surface area contributed by atoms with Crippen LogP contribution in [0, 0.1) is 0 Å². The Morgan fingerprint density at radius 3 is 2.57 bits per heavy atom. The number of esters is 1. The van der Waals surface area contributed by atoms with Gasteiger partial charge in [0.1, 0.15) is 5.75 Å². The molecular weight excluding hydrogens is 288 g/mol. The van der Waals surface area contributed by atoms with Gasteiger partial charge in [-0.05, 0) is 41.1 Å². The highest BCUT2D eigenvalue weighted by Gasteiger charge is 2.09. The Kier molecular flexibility index (Phi) is 5.78. The summed E-state index contributed by atoms with van der Waals surface area (Å²) in [6.07, 6.45) is 1.10. The van der Waals surface area contributed by atoms with Crippen LogP contribution in [0.4, 0.5) is 0 Å². The molecule has 0 aliphatic heterocycles. The van der Waals surface area contributed by atoms with Crippen molar-refractivity contribution in [3.05, 3.63) is 40.6 Å². The minimum Gasteiger partial charge on any atom is -0.469 e. The molecule has 0 saturated carbocycles. The molecule has 21 heavy (non-hydrogen) atoms. The molecule has 1 heterocycles. The first-order valence-electron chi connectivity index (χ1n) is 6.60. The number of carbonyl (C=O) groups excluding carboxylic acids is 1. The lowest BCUT2D eigenvalue weighted by Gasteiger charge is -2.07. The Morgan fingerprint density at radius 1 is 1.14 bits per heavy atom. The second-order valence-corrected chi connectivity index (χ2v) is 5.41. The third-order valence-corrected chi connectivity index (χ3v) is 4.02. The van der Waals surface area contributed by atoms with E-state index in [1.54, 1.807) is 18.4 Å². The largest absolute Gasteiger partial charge is 0.469 e. The first-order valence-corrected chi connectivity index (χ1v) is 7.48. The van der Waals surface area contributed by atoms with Gasteiger partial charge in [-0.1, -0.05) is 12.1 Å². The molecule has 0 aliphatic rings. The van der Waals surface area contributed by atoms with Crippen molar-refractivity contribution in [1.82, 2.24) is 0 Å². The number of aryl methyl sites for hydroxylation is 1. The number of benzene rings is 1. The van der Waals surface area contributed by atoms with E-state index in [2.05, 4.69) is 10.8 Å². The summed E-state index contributed by atoms with van der Waals surface area (Å²) in [6.45, 7) is 0.238. The first kappa shape index (κ1) is 15.5. The quantitative estimate of drug-likeness (QED) is 0.580. The van der Waals surface area contributed by atoms with Gasteiger partial charge in [-0.2, -0.15) is 0 Å². The molecule has 2 rings (SSSR count). The maximum atomic E-state index is 11.3. The molecule has 112 valence electrons. The van der Waals surface area contributed by atoms with E-state index in [1.807, 2.05) is 29.6 Å². The normalized spacial score (nSPS) is 10.4. The standard InChI is InChI=1S/C16H18O4S/c1-18-11-20-13-5-3-12(4-6-13)14-9-10-21-15(14)7-8-16(17)19-2/h3-6,9-10H,7-8,11H2,1-2H3. The maximum absolute atomic E-state index is 11.3. The zero-order chi connectivity index (χ0) is 15.1. The van der Waals surface area contributed by atoms with Crippen LogP contribution < -0.4 is 4.74 Å². The van der Waals surface area contributed by atoms with Crippen molar-refractivity contribution < 1.29 is 19.0 Å². The molecule has 0 fully saturated rings. The number of hydrogen-bond acceptors (Lipinski definition) is 5. The van der Waals surface area contributed by atoms with Crippen molar-refractivity contribution in [2.24, 2.45) is 0 Å². The van der Waals surface area contributed by atoms with Gasteiger partial charge in [0.15, 0.2) is 6.79 Å². The molecule has 0 N–H and O–H groups in total. The molecular formula is C16H18O4S. The Balaban J connectivity index is 2.07. The van der Waals surface area contributed by atoms with E-state index in [-0.39, 0.29) is 12.8 Å². The molecule has 0 spiro atoms. The van der Waals surface area contributed by atoms with Gasteiger partial charge in [-0.3, -0.25) is 4.79 Å². The van der Waals surface area contributed by atoms with Crippen LogP contribution in [0.3, 0.4) is 0 Å². The Labute approximate surface area is 128 Å². The molecule has 0 aliphatic carbocycles. The zero-order valence-electron chi connectivity index (χ0n) is 12.1. The molecule has 1 aromatic carbocycles. The van der Waals surface area contributed by atoms with Gasteiger partial charge in [0.05, 0.1) is 13.5 Å². The molecule has 2 aromatic rings. The number of hydrogen-bond donors (Lipinski definition) is 0. The van der Waals surface area contributed by atoms with Crippen LogP contribution in [0.15, 0.2) is 35.7 Å². The van der Waals surface area contributed by atoms with Gasteiger partial charge in [-0.25, -0.2) is 0 Å². The highest BCUT2D eigenvalue weighted by molar-refractivity contribution is 7.10. The van der Waals surface area contributed by atoms with Crippen LogP contribution in [-0.2, 0) is 20.7 Å². The van der Waals surface area contributed by atoms with Crippen LogP contribution in [-0.4, -0.2) is 27.0 Å². The molecule has 0 unspecified atom stereocenters. The highest BCUT2D eigenvalue weighted by atomic mass is 32.1. The van der Waals surface area contributed by atoms with Crippen molar-refractivity contribution in [2.45, 2.75) is 12.8 Å². The number of methoxy groups -OCH3 is 2. The van der Waals surface area contributed by atoms with E-state index in [4.69, 9.17) is 9.47 Å². The third kappa shape index (κ3) is 4.31. The van der Waals surface area contributed by atoms with Crippen molar-refractivity contribution >= 4 is 17.3 Å². The molecule has 4 nitrogen and oxygen atoms in total. The van der Waals surface area contributed by atoms with Crippen molar-refractivity contribution in [2.75, 3.05) is 21.0 Å². The van der Waals surface area contributed by atoms with Crippen molar-refractivity contribution in [3.8, 4) is 16.9 Å². The summed E-state index contributed by atoms with van der Waals surface area (Å²) < 4.78 is 14.9. The van der Waals surface area contributed by atoms with Gasteiger partial charge in [0.25, 0.3) is 0 Å². The van der Waals surface area contributed by atoms with Crippen LogP contribution in [0.2, 0.25) is 0 Å². The van der Waals surface area contributed by atoms with Gasteiger partial charge < -0.3 is 14.2 Å². The first-order chi connectivity index (χ1) is 10.2. The van der Waals surface area contributed by atoms with Gasteiger partial charge in [0.2, 0.25) is 0 Å². The van der Waals surface area contributed by atoms with Crippen LogP contribution >= 0.6 is 11.3 Å². The third-order valence-electron chi connectivity index (χ3n) is 3.04. The lowest BCUT2D eigenvalue weighted by atomic mass is 10.0. The molecule has 0 saturated heterocycles. The molecule has 0 radical (unpaired) electrons. The molecule has 0 amide bonds. The summed E-state index contributed by atoms with van der Waals surface area (Å²) in [5.74, 6) is 0.588. The van der Waals surface area contributed by atoms with E-state index in [0.717, 1.165) is 16.9 Å². The fourth-order valence-electron chi connectivity index (χ4n) is 1.97. The smallest absolute Gasteiger partial charge is 0.305 e. The van der Waals surface area contributed by atoms with Crippen molar-refractivity contribution in [1.29, 1.82) is 0 Å². The number of ether oxygens (including phenoxy) is 3. The minimum absolute atomic E-state index is 0.183. The number of thiophene rings is 1. The van der Waals surface area contributed by atoms with E-state index in [0.29, 0.717) is 12.8 Å². The zero-order valence-corrected chi connectivity index (χ0v) is 12.9. The Bertz CT molecular complexity index is 574. The lowest BCUT2D eigenvalue weighted by molar-refractivity contribution is -0.140. The summed E-state index contributed by atoms with van der Waals surface area (Å²) >= 11 is 1.66. The predicted molar refractivity (Wildman–Crippen MR) is 82.6 cm³/mol. The van der Waals surface area contributed by atoms with Gasteiger partial charge >= 0.3 is 5.97 Å². The minimum atomic E-state index is -0.183. The number of rotatable bonds is 7. The second kappa shape index (κ2) is 7.81. The van der Waals surface area contributed by atoms with Crippen molar-refractivity contribution in [3.63, 3.8) is 0 Å². The second-order valence-electron chi connectivity index (χ2n) is 4.41.